The molecule has 1 atom stereocenters. The molecule has 0 aromatic rings. The van der Waals surface area contributed by atoms with E-state index >= 15 is 0 Å². The molecular weight excluding hydrogens is 184 g/mol. The molecule has 0 fully saturated rings. The molecule has 1 amide bonds. The summed E-state index contributed by atoms with van der Waals surface area (Å²) in [5.74, 6) is -1.48. The molecule has 0 spiro atoms. The molecule has 0 aromatic heterocycles. The van der Waals surface area contributed by atoms with E-state index in [0.29, 0.717) is 6.54 Å². The third-order valence-corrected chi connectivity index (χ3v) is 2.46. The lowest BCUT2D eigenvalue weighted by Gasteiger charge is -2.37. The van der Waals surface area contributed by atoms with Gasteiger partial charge < -0.3 is 10.8 Å². The molecule has 0 rings (SSSR count). The number of nitrogens with two attached hydrogens (primary N) is 1. The van der Waals surface area contributed by atoms with E-state index in [4.69, 9.17) is 10.8 Å². The van der Waals surface area contributed by atoms with Crippen molar-refractivity contribution in [3.63, 3.8) is 0 Å². The highest BCUT2D eigenvalue weighted by atomic mass is 16.4. The molecular formula is C9H18N2O3. The fraction of sp³-hybridized carbons (Fsp3) is 0.778. The quantitative estimate of drug-likeness (QED) is 0.659. The van der Waals surface area contributed by atoms with Crippen molar-refractivity contribution in [2.75, 3.05) is 6.54 Å². The molecule has 5 heteroatoms. The molecule has 5 nitrogen and oxygen atoms in total. The number of rotatable bonds is 5. The maximum Gasteiger partial charge on any atom is 0.323 e. The van der Waals surface area contributed by atoms with Crippen molar-refractivity contribution in [3.8, 4) is 0 Å². The molecule has 0 radical (unpaired) electrons. The molecule has 1 unspecified atom stereocenters. The summed E-state index contributed by atoms with van der Waals surface area (Å²) in [6, 6.07) is -0.578. The van der Waals surface area contributed by atoms with Gasteiger partial charge in [-0.3, -0.25) is 14.5 Å². The second kappa shape index (κ2) is 4.41. The van der Waals surface area contributed by atoms with E-state index in [1.807, 2.05) is 0 Å². The number of likely N-dealkylation sites (N-methyl/N-ethyl adjacent to an activating group) is 1. The molecule has 3 N–H and O–H groups in total. The third-order valence-electron chi connectivity index (χ3n) is 2.46. The van der Waals surface area contributed by atoms with Crippen LogP contribution in [0.15, 0.2) is 0 Å². The van der Waals surface area contributed by atoms with Crippen LogP contribution < -0.4 is 5.73 Å². The van der Waals surface area contributed by atoms with Crippen LogP contribution in [-0.4, -0.2) is 40.0 Å². The van der Waals surface area contributed by atoms with Crippen LogP contribution in [0.2, 0.25) is 0 Å². The van der Waals surface area contributed by atoms with Crippen molar-refractivity contribution in [1.82, 2.24) is 4.90 Å². The number of carbonyl (C=O) groups is 2. The molecule has 0 heterocycles. The first-order chi connectivity index (χ1) is 6.25. The number of hydrogen-bond donors (Lipinski definition) is 2. The predicted octanol–water partition coefficient (Wildman–Crippen LogP) is 0.0453. The molecule has 0 aliphatic carbocycles. The molecule has 82 valence electrons. The lowest BCUT2D eigenvalue weighted by molar-refractivity contribution is -0.151. The highest BCUT2D eigenvalue weighted by molar-refractivity contribution is 5.82. The van der Waals surface area contributed by atoms with Gasteiger partial charge in [0, 0.05) is 0 Å². The Labute approximate surface area is 83.9 Å². The van der Waals surface area contributed by atoms with E-state index in [-0.39, 0.29) is 0 Å². The summed E-state index contributed by atoms with van der Waals surface area (Å²) in [6.07, 6.45) is 0. The molecule has 0 saturated carbocycles. The first kappa shape index (κ1) is 12.9. The summed E-state index contributed by atoms with van der Waals surface area (Å²) in [5.41, 5.74) is 4.06. The number of primary amides is 1. The first-order valence-electron chi connectivity index (χ1n) is 4.54. The number of carboxylic acid groups (broad SMARTS) is 1. The molecule has 0 saturated heterocycles. The minimum absolute atomic E-state index is 0.462. The van der Waals surface area contributed by atoms with Gasteiger partial charge in [0.05, 0.1) is 6.04 Å². The van der Waals surface area contributed by atoms with Crippen LogP contribution in [0, 0.1) is 0 Å². The van der Waals surface area contributed by atoms with E-state index in [1.165, 1.54) is 0 Å². The largest absolute Gasteiger partial charge is 0.480 e. The van der Waals surface area contributed by atoms with Crippen LogP contribution in [0.1, 0.15) is 27.7 Å². The number of carboxylic acids is 1. The minimum Gasteiger partial charge on any atom is -0.480 e. The summed E-state index contributed by atoms with van der Waals surface area (Å²) in [4.78, 5) is 23.5. The summed E-state index contributed by atoms with van der Waals surface area (Å²) in [5, 5.41) is 8.98. The standard InChI is InChI=1S/C9H18N2O3/c1-5-11(6(2)7(10)12)9(3,4)8(13)14/h6H,5H2,1-4H3,(H2,10,12)(H,13,14). The zero-order valence-electron chi connectivity index (χ0n) is 9.07. The highest BCUT2D eigenvalue weighted by Gasteiger charge is 2.37. The number of hydrogen-bond acceptors (Lipinski definition) is 3. The van der Waals surface area contributed by atoms with Crippen molar-refractivity contribution >= 4 is 11.9 Å². The Morgan fingerprint density at radius 2 is 1.93 bits per heavy atom. The van der Waals surface area contributed by atoms with Crippen LogP contribution >= 0.6 is 0 Å². The Hall–Kier alpha value is -1.10. The van der Waals surface area contributed by atoms with Gasteiger partial charge in [-0.25, -0.2) is 0 Å². The molecule has 0 aromatic carbocycles. The van der Waals surface area contributed by atoms with Crippen LogP contribution in [0.25, 0.3) is 0 Å². The lowest BCUT2D eigenvalue weighted by atomic mass is 10.0. The topological polar surface area (TPSA) is 83.6 Å². The lowest BCUT2D eigenvalue weighted by Crippen LogP contribution is -2.57. The van der Waals surface area contributed by atoms with E-state index < -0.39 is 23.5 Å². The van der Waals surface area contributed by atoms with Crippen molar-refractivity contribution in [2.24, 2.45) is 5.73 Å². The number of aliphatic carboxylic acids is 1. The van der Waals surface area contributed by atoms with Gasteiger partial charge in [-0.15, -0.1) is 0 Å². The van der Waals surface area contributed by atoms with Crippen molar-refractivity contribution in [2.45, 2.75) is 39.3 Å². The summed E-state index contributed by atoms with van der Waals surface area (Å²) >= 11 is 0. The van der Waals surface area contributed by atoms with Crippen molar-refractivity contribution < 1.29 is 14.7 Å². The normalized spacial score (nSPS) is 14.1. The highest BCUT2D eigenvalue weighted by Crippen LogP contribution is 2.17. The van der Waals surface area contributed by atoms with Gasteiger partial charge in [-0.05, 0) is 27.3 Å². The Kier molecular flexibility index (Phi) is 4.07. The van der Waals surface area contributed by atoms with E-state index in [1.54, 1.807) is 32.6 Å². The monoisotopic (exact) mass is 202 g/mol. The van der Waals surface area contributed by atoms with Gasteiger partial charge in [0.15, 0.2) is 0 Å². The average molecular weight is 202 g/mol. The van der Waals surface area contributed by atoms with Gasteiger partial charge in [-0.1, -0.05) is 6.92 Å². The summed E-state index contributed by atoms with van der Waals surface area (Å²) < 4.78 is 0. The van der Waals surface area contributed by atoms with Crippen molar-refractivity contribution in [3.05, 3.63) is 0 Å². The third kappa shape index (κ3) is 2.45. The van der Waals surface area contributed by atoms with E-state index in [2.05, 4.69) is 0 Å². The zero-order valence-corrected chi connectivity index (χ0v) is 9.07. The maximum atomic E-state index is 11.0. The Morgan fingerprint density at radius 3 is 2.14 bits per heavy atom. The molecule has 0 aliphatic heterocycles. The molecule has 0 aliphatic rings. The number of nitrogens with zero attached hydrogens (tertiary/aromatic N) is 1. The maximum absolute atomic E-state index is 11.0. The van der Waals surface area contributed by atoms with Gasteiger partial charge >= 0.3 is 5.97 Å². The van der Waals surface area contributed by atoms with E-state index in [0.717, 1.165) is 0 Å². The van der Waals surface area contributed by atoms with Crippen molar-refractivity contribution in [1.29, 1.82) is 0 Å². The van der Waals surface area contributed by atoms with E-state index in [9.17, 15) is 9.59 Å². The Morgan fingerprint density at radius 1 is 1.50 bits per heavy atom. The first-order valence-corrected chi connectivity index (χ1v) is 4.54. The van der Waals surface area contributed by atoms with Crippen LogP contribution in [0.3, 0.4) is 0 Å². The van der Waals surface area contributed by atoms with Gasteiger partial charge in [0.1, 0.15) is 5.54 Å². The zero-order chi connectivity index (χ0) is 11.5. The second-order valence-corrected chi connectivity index (χ2v) is 3.73. The fourth-order valence-corrected chi connectivity index (χ4v) is 1.43. The summed E-state index contributed by atoms with van der Waals surface area (Å²) in [6.45, 7) is 6.97. The Balaban J connectivity index is 4.89. The molecule has 0 bridgehead atoms. The number of amides is 1. The SMILES string of the molecule is CCN(C(C)C(N)=O)C(C)(C)C(=O)O. The van der Waals surface area contributed by atoms with Gasteiger partial charge in [0.25, 0.3) is 0 Å². The minimum atomic E-state index is -1.08. The second-order valence-electron chi connectivity index (χ2n) is 3.73. The predicted molar refractivity (Wildman–Crippen MR) is 52.8 cm³/mol. The van der Waals surface area contributed by atoms with Crippen LogP contribution in [0.4, 0.5) is 0 Å². The fourth-order valence-electron chi connectivity index (χ4n) is 1.43. The Bertz CT molecular complexity index is 238. The van der Waals surface area contributed by atoms with Crippen LogP contribution in [0.5, 0.6) is 0 Å². The smallest absolute Gasteiger partial charge is 0.323 e. The van der Waals surface area contributed by atoms with Gasteiger partial charge in [-0.2, -0.15) is 0 Å². The number of carbonyl (C=O) groups excluding carboxylic acids is 1. The van der Waals surface area contributed by atoms with Gasteiger partial charge in [0.2, 0.25) is 5.91 Å². The molecule has 14 heavy (non-hydrogen) atoms. The van der Waals surface area contributed by atoms with Crippen LogP contribution in [-0.2, 0) is 9.59 Å². The average Bonchev–Trinajstić information content (AvgIpc) is 2.04. The summed E-state index contributed by atoms with van der Waals surface area (Å²) in [7, 11) is 0.